The zero-order chi connectivity index (χ0) is 12.7. The Labute approximate surface area is 102 Å². The molecule has 4 nitrogen and oxygen atoms in total. The van der Waals surface area contributed by atoms with Crippen LogP contribution < -0.4 is 10.2 Å². The van der Waals surface area contributed by atoms with E-state index in [0.29, 0.717) is 13.2 Å². The highest BCUT2D eigenvalue weighted by Gasteiger charge is 2.05. The first kappa shape index (κ1) is 13.5. The third kappa shape index (κ3) is 4.44. The highest BCUT2D eigenvalue weighted by molar-refractivity contribution is 5.74. The molecule has 0 spiro atoms. The van der Waals surface area contributed by atoms with Gasteiger partial charge in [-0.1, -0.05) is 18.2 Å². The van der Waals surface area contributed by atoms with Crippen LogP contribution in [0.4, 0.5) is 0 Å². The van der Waals surface area contributed by atoms with E-state index in [-0.39, 0.29) is 12.3 Å². The van der Waals surface area contributed by atoms with Crippen LogP contribution in [0.3, 0.4) is 0 Å². The monoisotopic (exact) mass is 237 g/mol. The molecule has 0 aliphatic carbocycles. The molecular formula is C13H19NO3. The van der Waals surface area contributed by atoms with Crippen molar-refractivity contribution in [2.75, 3.05) is 13.2 Å². The summed E-state index contributed by atoms with van der Waals surface area (Å²) >= 11 is 0. The average molecular weight is 237 g/mol. The topological polar surface area (TPSA) is 47.6 Å². The minimum absolute atomic E-state index is 0.168. The Morgan fingerprint density at radius 2 is 1.94 bits per heavy atom. The first-order chi connectivity index (χ1) is 8.15. The molecule has 1 amide bonds. The predicted octanol–water partition coefficient (Wildman–Crippen LogP) is 2.14. The predicted molar refractivity (Wildman–Crippen MR) is 65.8 cm³/mol. The second-order valence-corrected chi connectivity index (χ2v) is 3.78. The van der Waals surface area contributed by atoms with Crippen LogP contribution in [0.25, 0.3) is 0 Å². The van der Waals surface area contributed by atoms with Crippen LogP contribution in [-0.2, 0) is 9.63 Å². The fraction of sp³-hybridized carbons (Fsp3) is 0.462. The van der Waals surface area contributed by atoms with Gasteiger partial charge in [-0.25, -0.2) is 5.48 Å². The number of carbonyl (C=O) groups excluding carboxylic acids is 1. The molecule has 0 saturated heterocycles. The number of hydrogen-bond donors (Lipinski definition) is 1. The summed E-state index contributed by atoms with van der Waals surface area (Å²) in [6.07, 6.45) is 0.285. The number of amides is 1. The van der Waals surface area contributed by atoms with Crippen molar-refractivity contribution in [1.29, 1.82) is 0 Å². The zero-order valence-corrected chi connectivity index (χ0v) is 10.6. The Kier molecular flexibility index (Phi) is 5.49. The molecule has 17 heavy (non-hydrogen) atoms. The summed E-state index contributed by atoms with van der Waals surface area (Å²) in [4.78, 5) is 16.0. The minimum atomic E-state index is -0.168. The largest absolute Gasteiger partial charge is 0.493 e. The maximum atomic E-state index is 11.2. The van der Waals surface area contributed by atoms with E-state index in [0.717, 1.165) is 16.9 Å². The van der Waals surface area contributed by atoms with E-state index < -0.39 is 0 Å². The van der Waals surface area contributed by atoms with Crippen LogP contribution >= 0.6 is 0 Å². The number of nitrogens with one attached hydrogen (secondary N) is 1. The van der Waals surface area contributed by atoms with Crippen LogP contribution in [0.1, 0.15) is 24.5 Å². The minimum Gasteiger partial charge on any atom is -0.493 e. The third-order valence-corrected chi connectivity index (χ3v) is 2.31. The summed E-state index contributed by atoms with van der Waals surface area (Å²) in [6.45, 7) is 6.60. The van der Waals surface area contributed by atoms with Gasteiger partial charge < -0.3 is 4.74 Å². The lowest BCUT2D eigenvalue weighted by Gasteiger charge is -2.11. The van der Waals surface area contributed by atoms with Crippen molar-refractivity contribution in [3.8, 4) is 5.75 Å². The Bertz CT molecular complexity index is 357. The zero-order valence-electron chi connectivity index (χ0n) is 10.6. The van der Waals surface area contributed by atoms with Crippen molar-refractivity contribution in [3.05, 3.63) is 29.3 Å². The molecule has 0 unspecified atom stereocenters. The molecule has 0 radical (unpaired) electrons. The number of rotatable bonds is 6. The van der Waals surface area contributed by atoms with Gasteiger partial charge in [0.05, 0.1) is 19.6 Å². The number of hydroxylamine groups is 1. The van der Waals surface area contributed by atoms with Crippen molar-refractivity contribution >= 4 is 5.91 Å². The fourth-order valence-corrected chi connectivity index (χ4v) is 1.48. The molecule has 0 saturated carbocycles. The molecule has 0 atom stereocenters. The first-order valence-corrected chi connectivity index (χ1v) is 5.74. The number of hydrogen-bond acceptors (Lipinski definition) is 3. The summed E-state index contributed by atoms with van der Waals surface area (Å²) in [7, 11) is 0. The molecule has 0 aromatic heterocycles. The van der Waals surface area contributed by atoms with Crippen LogP contribution in [0.2, 0.25) is 0 Å². The van der Waals surface area contributed by atoms with E-state index in [1.165, 1.54) is 0 Å². The summed E-state index contributed by atoms with van der Waals surface area (Å²) in [5, 5.41) is 0. The quantitative estimate of drug-likeness (QED) is 0.771. The normalized spacial score (nSPS) is 10.1. The molecule has 0 aliphatic heterocycles. The number of ether oxygens (including phenoxy) is 1. The number of aryl methyl sites for hydroxylation is 2. The number of para-hydroxylation sites is 1. The number of carbonyl (C=O) groups is 1. The van der Waals surface area contributed by atoms with E-state index in [9.17, 15) is 4.79 Å². The van der Waals surface area contributed by atoms with E-state index in [1.54, 1.807) is 0 Å². The van der Waals surface area contributed by atoms with Gasteiger partial charge in [0.15, 0.2) is 0 Å². The molecule has 1 aromatic rings. The molecule has 1 N–H and O–H groups in total. The van der Waals surface area contributed by atoms with E-state index in [1.807, 2.05) is 39.0 Å². The standard InChI is InChI=1S/C13H19NO3/c1-4-17-14-12(15)8-9-16-13-10(2)6-5-7-11(13)3/h5-7H,4,8-9H2,1-3H3,(H,14,15). The fourth-order valence-electron chi connectivity index (χ4n) is 1.48. The third-order valence-electron chi connectivity index (χ3n) is 2.31. The first-order valence-electron chi connectivity index (χ1n) is 5.74. The molecule has 0 aliphatic rings. The Hall–Kier alpha value is -1.55. The molecule has 0 heterocycles. The summed E-state index contributed by atoms with van der Waals surface area (Å²) in [6, 6.07) is 5.96. The van der Waals surface area contributed by atoms with Crippen LogP contribution in [0, 0.1) is 13.8 Å². The van der Waals surface area contributed by atoms with E-state index >= 15 is 0 Å². The highest BCUT2D eigenvalue weighted by Crippen LogP contribution is 2.22. The van der Waals surface area contributed by atoms with Gasteiger partial charge in [0.25, 0.3) is 0 Å². The van der Waals surface area contributed by atoms with Gasteiger partial charge in [-0.15, -0.1) is 0 Å². The molecule has 1 aromatic carbocycles. The van der Waals surface area contributed by atoms with Crippen molar-refractivity contribution < 1.29 is 14.4 Å². The number of benzene rings is 1. The van der Waals surface area contributed by atoms with Gasteiger partial charge in [-0.3, -0.25) is 9.63 Å². The molecule has 4 heteroatoms. The highest BCUT2D eigenvalue weighted by atomic mass is 16.6. The Morgan fingerprint density at radius 3 is 2.53 bits per heavy atom. The van der Waals surface area contributed by atoms with Gasteiger partial charge in [0.1, 0.15) is 5.75 Å². The second kappa shape index (κ2) is 6.91. The van der Waals surface area contributed by atoms with E-state index in [2.05, 4.69) is 5.48 Å². The van der Waals surface area contributed by atoms with Crippen molar-refractivity contribution in [3.63, 3.8) is 0 Å². The Morgan fingerprint density at radius 1 is 1.29 bits per heavy atom. The maximum absolute atomic E-state index is 11.2. The SMILES string of the molecule is CCONC(=O)CCOc1c(C)cccc1C. The van der Waals surface area contributed by atoms with Crippen molar-refractivity contribution in [2.24, 2.45) is 0 Å². The smallest absolute Gasteiger partial charge is 0.246 e. The van der Waals surface area contributed by atoms with Gasteiger partial charge in [-0.2, -0.15) is 0 Å². The molecule has 0 fully saturated rings. The Balaban J connectivity index is 2.38. The lowest BCUT2D eigenvalue weighted by Crippen LogP contribution is -2.25. The van der Waals surface area contributed by atoms with Crippen LogP contribution in [0.5, 0.6) is 5.75 Å². The average Bonchev–Trinajstić information content (AvgIpc) is 2.30. The van der Waals surface area contributed by atoms with Gasteiger partial charge >= 0.3 is 0 Å². The van der Waals surface area contributed by atoms with Crippen LogP contribution in [-0.4, -0.2) is 19.1 Å². The van der Waals surface area contributed by atoms with E-state index in [4.69, 9.17) is 9.57 Å². The lowest BCUT2D eigenvalue weighted by atomic mass is 10.1. The van der Waals surface area contributed by atoms with Gasteiger partial charge in [0.2, 0.25) is 5.91 Å². The molecular weight excluding hydrogens is 218 g/mol. The van der Waals surface area contributed by atoms with Crippen molar-refractivity contribution in [2.45, 2.75) is 27.2 Å². The maximum Gasteiger partial charge on any atom is 0.246 e. The van der Waals surface area contributed by atoms with Gasteiger partial charge in [0, 0.05) is 0 Å². The van der Waals surface area contributed by atoms with Crippen molar-refractivity contribution in [1.82, 2.24) is 5.48 Å². The molecule has 94 valence electrons. The lowest BCUT2D eigenvalue weighted by molar-refractivity contribution is -0.133. The summed E-state index contributed by atoms with van der Waals surface area (Å²) < 4.78 is 5.60. The van der Waals surface area contributed by atoms with Crippen LogP contribution in [0.15, 0.2) is 18.2 Å². The molecule has 1 rings (SSSR count). The summed E-state index contributed by atoms with van der Waals surface area (Å²) in [5.74, 6) is 0.690. The molecule has 0 bridgehead atoms. The van der Waals surface area contributed by atoms with Gasteiger partial charge in [-0.05, 0) is 31.9 Å². The second-order valence-electron chi connectivity index (χ2n) is 3.78. The summed E-state index contributed by atoms with van der Waals surface area (Å²) in [5.41, 5.74) is 4.49.